The van der Waals surface area contributed by atoms with E-state index in [1.54, 1.807) is 0 Å². The Hall–Kier alpha value is -5.60. The quantitative estimate of drug-likeness (QED) is 0.201. The zero-order valence-electron chi connectivity index (χ0n) is 44.8. The fraction of sp³-hybridized carbons (Fsp3) is 0. The van der Waals surface area contributed by atoms with Crippen LogP contribution in [0.4, 0.5) is 0 Å². The largest absolute Gasteiger partial charge is 0.456 e. The molecule has 0 bridgehead atoms. The Morgan fingerprint density at radius 1 is 0.333 bits per heavy atom. The molecule has 0 saturated carbocycles. The summed E-state index contributed by atoms with van der Waals surface area (Å²) in [7, 11) is 0. The Bertz CT molecular complexity index is 3670. The highest BCUT2D eigenvalue weighted by Gasteiger charge is 2.26. The fourth-order valence-corrected chi connectivity index (χ4v) is 5.28. The van der Waals surface area contributed by atoms with E-state index in [9.17, 15) is 9.60 Å². The Balaban J connectivity index is 1.72. The van der Waals surface area contributed by atoms with E-state index < -0.39 is 233 Å². The SMILES string of the molecule is [2H]c1c([2H])c([2H])c(-c2c3c([2H])c([2H])c([2H])c([2H])c3c(-c3oc4c([2H])c([2H])c5oc6c([2H])c([2H])c([2H])c([2H])c6c5c4c3-c3c([2H])c([2H])c([2H])c([2H])c3[2H])c3c([2H])c([2H])c([2H])c([2H])c23)c([2H])c1[2H]. The molecule has 0 fully saturated rings. The van der Waals surface area contributed by atoms with Gasteiger partial charge in [-0.2, -0.15) is 0 Å². The van der Waals surface area contributed by atoms with Gasteiger partial charge in [0.2, 0.25) is 0 Å². The van der Waals surface area contributed by atoms with Gasteiger partial charge in [0.1, 0.15) is 22.5 Å². The summed E-state index contributed by atoms with van der Waals surface area (Å²) < 4.78 is 225. The molecule has 0 unspecified atom stereocenters. The maximum absolute atomic E-state index is 9.43. The number of hydrogen-bond acceptors (Lipinski definition) is 2. The van der Waals surface area contributed by atoms with E-state index in [-0.39, 0.29) is 0 Å². The van der Waals surface area contributed by atoms with E-state index in [1.807, 2.05) is 0 Å². The Kier molecular flexibility index (Phi) is 2.08. The van der Waals surface area contributed by atoms with Crippen LogP contribution < -0.4 is 0 Å². The van der Waals surface area contributed by atoms with Crippen molar-refractivity contribution in [2.75, 3.05) is 0 Å². The van der Waals surface area contributed by atoms with E-state index in [2.05, 4.69) is 0 Å². The molecule has 2 heterocycles. The van der Waals surface area contributed by atoms with E-state index >= 15 is 0 Å². The van der Waals surface area contributed by atoms with Crippen LogP contribution in [-0.4, -0.2) is 0 Å². The van der Waals surface area contributed by atoms with Crippen LogP contribution in [0.2, 0.25) is 0 Å². The molecule has 9 rings (SSSR count). The maximum atomic E-state index is 9.43. The molecular formula is C40H24O2. The number of hydrogen-bond donors (Lipinski definition) is 0. The van der Waals surface area contributed by atoms with Crippen molar-refractivity contribution in [1.29, 1.82) is 0 Å². The van der Waals surface area contributed by atoms with Crippen molar-refractivity contribution in [3.8, 4) is 33.6 Å². The van der Waals surface area contributed by atoms with E-state index in [1.165, 1.54) is 0 Å². The van der Waals surface area contributed by atoms with Crippen LogP contribution in [0.3, 0.4) is 0 Å². The van der Waals surface area contributed by atoms with Crippen LogP contribution >= 0.6 is 0 Å². The first-order chi connectivity index (χ1) is 30.8. The monoisotopic (exact) mass is 560 g/mol. The van der Waals surface area contributed by atoms with Gasteiger partial charge in [-0.3, -0.25) is 0 Å². The predicted octanol–water partition coefficient (Wildman–Crippen LogP) is 11.6. The highest BCUT2D eigenvalue weighted by molar-refractivity contribution is 6.27. The summed E-state index contributed by atoms with van der Waals surface area (Å²) in [6.07, 6.45) is 0. The van der Waals surface area contributed by atoms with Crippen LogP contribution in [-0.2, 0) is 0 Å². The van der Waals surface area contributed by atoms with Crippen molar-refractivity contribution in [3.05, 3.63) is 145 Å². The molecule has 2 heteroatoms. The number of benzene rings is 7. The van der Waals surface area contributed by atoms with Gasteiger partial charge in [-0.25, -0.2) is 0 Å². The summed E-state index contributed by atoms with van der Waals surface area (Å²) in [5.41, 5.74) is -5.19. The molecule has 0 amide bonds. The first-order valence-corrected chi connectivity index (χ1v) is 12.3. The summed E-state index contributed by atoms with van der Waals surface area (Å²) in [4.78, 5) is 0. The molecule has 42 heavy (non-hydrogen) atoms. The molecule has 0 aliphatic carbocycles. The molecule has 196 valence electrons. The van der Waals surface area contributed by atoms with Crippen LogP contribution in [0, 0.1) is 0 Å². The lowest BCUT2D eigenvalue weighted by Gasteiger charge is -2.17. The molecule has 0 aliphatic heterocycles. The zero-order chi connectivity index (χ0) is 48.5. The summed E-state index contributed by atoms with van der Waals surface area (Å²) >= 11 is 0. The minimum atomic E-state index is -0.963. The molecule has 7 aromatic carbocycles. The van der Waals surface area contributed by atoms with Gasteiger partial charge in [0, 0.05) is 27.3 Å². The lowest BCUT2D eigenvalue weighted by molar-refractivity contribution is 0.633. The third-order valence-corrected chi connectivity index (χ3v) is 6.88. The van der Waals surface area contributed by atoms with E-state index in [0.29, 0.717) is 0 Å². The van der Waals surface area contributed by atoms with Crippen LogP contribution in [0.1, 0.15) is 32.9 Å². The normalized spacial score (nSPS) is 19.8. The smallest absolute Gasteiger partial charge is 0.144 e. The zero-order valence-corrected chi connectivity index (χ0v) is 20.8. The van der Waals surface area contributed by atoms with Gasteiger partial charge < -0.3 is 8.83 Å². The third kappa shape index (κ3) is 3.27. The molecule has 0 aliphatic rings. The number of furan rings is 2. The van der Waals surface area contributed by atoms with Crippen molar-refractivity contribution in [1.82, 2.24) is 0 Å². The molecule has 0 atom stereocenters. The fourth-order valence-electron chi connectivity index (χ4n) is 5.28. The van der Waals surface area contributed by atoms with Crippen LogP contribution in [0.25, 0.3) is 88.0 Å². The molecule has 9 aromatic rings. The van der Waals surface area contributed by atoms with Crippen molar-refractivity contribution in [3.63, 3.8) is 0 Å². The van der Waals surface area contributed by atoms with Crippen LogP contribution in [0.5, 0.6) is 0 Å². The summed E-state index contributed by atoms with van der Waals surface area (Å²) in [5, 5.41) is -4.02. The highest BCUT2D eigenvalue weighted by Crippen LogP contribution is 2.51. The van der Waals surface area contributed by atoms with Crippen LogP contribution in [0.15, 0.2) is 154 Å². The van der Waals surface area contributed by atoms with Crippen molar-refractivity contribution in [2.45, 2.75) is 0 Å². The molecular weight excluding hydrogens is 512 g/mol. The Morgan fingerprint density at radius 2 is 0.786 bits per heavy atom. The second-order valence-corrected chi connectivity index (χ2v) is 9.02. The maximum Gasteiger partial charge on any atom is 0.144 e. The van der Waals surface area contributed by atoms with Crippen molar-refractivity contribution < 1.29 is 41.7 Å². The molecule has 0 radical (unpaired) electrons. The number of rotatable bonds is 3. The first-order valence-electron chi connectivity index (χ1n) is 24.3. The molecule has 2 nitrogen and oxygen atoms in total. The average molecular weight is 561 g/mol. The Labute approximate surface area is 275 Å². The standard InChI is InChI=1S/C40H24O2/c1-3-13-25(14-4-1)35-27-17-7-9-19-29(27)37(30-20-10-8-18-28(30)35)40-36(26-15-5-2-6-16-26)39-34(42-40)24-23-33-38(39)31-21-11-12-22-32(31)41-33/h1-24H/i1D,2D,3D,4D,5D,6D,7D,8D,9D,10D,11D,12D,13D,14D,15D,16D,17D,18D,19D,20D,21D,22D,23D,24D. The highest BCUT2D eigenvalue weighted by atomic mass is 16.3. The first kappa shape index (κ1) is 9.75. The van der Waals surface area contributed by atoms with Gasteiger partial charge in [-0.05, 0) is 56.4 Å². The van der Waals surface area contributed by atoms with Gasteiger partial charge in [-0.1, -0.05) is 127 Å². The second-order valence-electron chi connectivity index (χ2n) is 9.02. The van der Waals surface area contributed by atoms with E-state index in [0.717, 1.165) is 0 Å². The minimum Gasteiger partial charge on any atom is -0.456 e. The second kappa shape index (κ2) is 8.95. The van der Waals surface area contributed by atoms with Gasteiger partial charge in [0.05, 0.1) is 32.9 Å². The lowest BCUT2D eigenvalue weighted by Crippen LogP contribution is -1.91. The van der Waals surface area contributed by atoms with Gasteiger partial charge in [0.15, 0.2) is 0 Å². The predicted molar refractivity (Wildman–Crippen MR) is 175 cm³/mol. The summed E-state index contributed by atoms with van der Waals surface area (Å²) in [6.45, 7) is 0. The van der Waals surface area contributed by atoms with E-state index in [4.69, 9.17) is 32.1 Å². The minimum absolute atomic E-state index is 0.391. The molecule has 0 spiro atoms. The summed E-state index contributed by atoms with van der Waals surface area (Å²) in [5.74, 6) is -0.795. The third-order valence-electron chi connectivity index (χ3n) is 6.88. The summed E-state index contributed by atoms with van der Waals surface area (Å²) in [6, 6.07) is -21.4. The number of para-hydroxylation sites is 1. The van der Waals surface area contributed by atoms with Crippen molar-refractivity contribution >= 4 is 54.5 Å². The molecule has 0 N–H and O–H groups in total. The molecule has 2 aromatic heterocycles. The Morgan fingerprint density at radius 3 is 1.38 bits per heavy atom. The van der Waals surface area contributed by atoms with Crippen molar-refractivity contribution in [2.24, 2.45) is 0 Å². The topological polar surface area (TPSA) is 26.3 Å². The molecule has 0 saturated heterocycles. The lowest BCUT2D eigenvalue weighted by atomic mass is 9.86. The van der Waals surface area contributed by atoms with Gasteiger partial charge in [0.25, 0.3) is 0 Å². The van der Waals surface area contributed by atoms with Gasteiger partial charge in [-0.15, -0.1) is 0 Å². The van der Waals surface area contributed by atoms with Gasteiger partial charge >= 0.3 is 0 Å². The number of fused-ring (bicyclic) bond motifs is 7. The average Bonchev–Trinajstić information content (AvgIpc) is 3.88.